The molecule has 0 N–H and O–H groups in total. The first kappa shape index (κ1) is 19.9. The Labute approximate surface area is 131 Å². The largest absolute Gasteiger partial charge is 0.466 e. The molecule has 122 valence electrons. The molecule has 0 atom stereocenters. The summed E-state index contributed by atoms with van der Waals surface area (Å²) in [7, 11) is 0. The number of hydrogen-bond donors (Lipinski definition) is 0. The molecule has 2 heteroatoms. The van der Waals surface area contributed by atoms with Gasteiger partial charge in [-0.25, -0.2) is 0 Å². The monoisotopic (exact) mass is 294 g/mol. The minimum absolute atomic E-state index is 0.0527. The zero-order chi connectivity index (χ0) is 15.6. The van der Waals surface area contributed by atoms with Crippen LogP contribution in [0.25, 0.3) is 0 Å². The van der Waals surface area contributed by atoms with E-state index in [1.54, 1.807) is 0 Å². The first-order valence-corrected chi connectivity index (χ1v) is 8.76. The molecule has 0 rings (SSSR count). The zero-order valence-electron chi connectivity index (χ0n) is 14.1. The van der Waals surface area contributed by atoms with Crippen molar-refractivity contribution in [1.29, 1.82) is 0 Å². The summed E-state index contributed by atoms with van der Waals surface area (Å²) in [5.41, 5.74) is 0. The minimum Gasteiger partial charge on any atom is -0.466 e. The van der Waals surface area contributed by atoms with Crippen LogP contribution in [0.3, 0.4) is 0 Å². The highest BCUT2D eigenvalue weighted by molar-refractivity contribution is 5.69. The number of carbonyl (C=O) groups is 1. The molecule has 0 radical (unpaired) electrons. The molecule has 0 saturated heterocycles. The molecule has 0 heterocycles. The molecule has 0 unspecified atom stereocenters. The van der Waals surface area contributed by atoms with Gasteiger partial charge in [-0.05, 0) is 45.4 Å². The highest BCUT2D eigenvalue weighted by Crippen LogP contribution is 2.07. The Morgan fingerprint density at radius 2 is 1.43 bits per heavy atom. The number of rotatable bonds is 14. The number of ether oxygens (including phenoxy) is 1. The fraction of sp³-hybridized carbons (Fsp3) is 0.737. The summed E-state index contributed by atoms with van der Waals surface area (Å²) >= 11 is 0. The van der Waals surface area contributed by atoms with Crippen LogP contribution in [0.1, 0.15) is 84.5 Å². The van der Waals surface area contributed by atoms with Gasteiger partial charge in [0.05, 0.1) is 6.61 Å². The number of unbranched alkanes of at least 4 members (excludes halogenated alkanes) is 7. The van der Waals surface area contributed by atoms with Gasteiger partial charge in [0, 0.05) is 6.42 Å². The van der Waals surface area contributed by atoms with Crippen molar-refractivity contribution in [3.63, 3.8) is 0 Å². The number of hydrogen-bond acceptors (Lipinski definition) is 2. The molecule has 2 nitrogen and oxygen atoms in total. The number of allylic oxidation sites excluding steroid dienone is 4. The van der Waals surface area contributed by atoms with Gasteiger partial charge in [-0.2, -0.15) is 0 Å². The van der Waals surface area contributed by atoms with Crippen LogP contribution in [0.15, 0.2) is 24.3 Å². The molecule has 0 spiro atoms. The Balaban J connectivity index is 3.23. The first-order valence-electron chi connectivity index (χ1n) is 8.76. The van der Waals surface area contributed by atoms with E-state index in [1.807, 2.05) is 6.92 Å². The normalized spacial score (nSPS) is 11.5. The second kappa shape index (κ2) is 17.0. The van der Waals surface area contributed by atoms with Crippen LogP contribution in [0.4, 0.5) is 0 Å². The topological polar surface area (TPSA) is 26.3 Å². The molecule has 0 amide bonds. The summed E-state index contributed by atoms with van der Waals surface area (Å²) in [5.74, 6) is -0.0527. The third kappa shape index (κ3) is 16.9. The van der Waals surface area contributed by atoms with E-state index in [4.69, 9.17) is 4.74 Å². The van der Waals surface area contributed by atoms with Gasteiger partial charge in [-0.1, -0.05) is 56.9 Å². The van der Waals surface area contributed by atoms with Gasteiger partial charge in [-0.3, -0.25) is 4.79 Å². The van der Waals surface area contributed by atoms with Crippen LogP contribution in [0.2, 0.25) is 0 Å². The van der Waals surface area contributed by atoms with E-state index in [9.17, 15) is 4.79 Å². The SMILES string of the molecule is CCCCCC=CCC=CCCCCCCC(=O)OCC. The van der Waals surface area contributed by atoms with E-state index >= 15 is 0 Å². The van der Waals surface area contributed by atoms with Crippen molar-refractivity contribution >= 4 is 5.97 Å². The quantitative estimate of drug-likeness (QED) is 0.224. The van der Waals surface area contributed by atoms with Crippen LogP contribution in [0, 0.1) is 0 Å². The lowest BCUT2D eigenvalue weighted by Gasteiger charge is -2.01. The van der Waals surface area contributed by atoms with Crippen LogP contribution < -0.4 is 0 Å². The minimum atomic E-state index is -0.0527. The average Bonchev–Trinajstić information content (AvgIpc) is 2.48. The van der Waals surface area contributed by atoms with E-state index in [2.05, 4.69) is 31.2 Å². The zero-order valence-corrected chi connectivity index (χ0v) is 14.1. The van der Waals surface area contributed by atoms with Crippen LogP contribution >= 0.6 is 0 Å². The fourth-order valence-corrected chi connectivity index (χ4v) is 2.14. The van der Waals surface area contributed by atoms with E-state index in [0.29, 0.717) is 13.0 Å². The van der Waals surface area contributed by atoms with E-state index < -0.39 is 0 Å². The lowest BCUT2D eigenvalue weighted by atomic mass is 10.1. The lowest BCUT2D eigenvalue weighted by molar-refractivity contribution is -0.143. The van der Waals surface area contributed by atoms with Crippen LogP contribution in [-0.4, -0.2) is 12.6 Å². The van der Waals surface area contributed by atoms with E-state index in [0.717, 1.165) is 25.7 Å². The Morgan fingerprint density at radius 1 is 0.810 bits per heavy atom. The number of esters is 1. The maximum absolute atomic E-state index is 11.1. The predicted octanol–water partition coefficient (Wildman–Crippen LogP) is 5.97. The average molecular weight is 294 g/mol. The summed E-state index contributed by atoms with van der Waals surface area (Å²) in [6.45, 7) is 4.59. The standard InChI is InChI=1S/C19H34O2/c1-3-5-6-7-8-9-10-11-12-13-14-15-16-17-18-19(20)21-4-2/h8-9,11-12H,3-7,10,13-18H2,1-2H3. The maximum atomic E-state index is 11.1. The second-order valence-corrected chi connectivity index (χ2v) is 5.43. The van der Waals surface area contributed by atoms with Crippen LogP contribution in [-0.2, 0) is 9.53 Å². The third-order valence-electron chi connectivity index (χ3n) is 3.39. The Morgan fingerprint density at radius 3 is 2.05 bits per heavy atom. The van der Waals surface area contributed by atoms with Crippen molar-refractivity contribution in [3.8, 4) is 0 Å². The lowest BCUT2D eigenvalue weighted by Crippen LogP contribution is -2.02. The van der Waals surface area contributed by atoms with Gasteiger partial charge in [-0.15, -0.1) is 0 Å². The Bertz CT molecular complexity index is 279. The van der Waals surface area contributed by atoms with Gasteiger partial charge in [0.15, 0.2) is 0 Å². The number of carbonyl (C=O) groups excluding carboxylic acids is 1. The highest BCUT2D eigenvalue weighted by Gasteiger charge is 1.99. The van der Waals surface area contributed by atoms with Crippen molar-refractivity contribution in [2.24, 2.45) is 0 Å². The van der Waals surface area contributed by atoms with Crippen molar-refractivity contribution in [1.82, 2.24) is 0 Å². The molecule has 21 heavy (non-hydrogen) atoms. The third-order valence-corrected chi connectivity index (χ3v) is 3.39. The summed E-state index contributed by atoms with van der Waals surface area (Å²) < 4.78 is 4.90. The Hall–Kier alpha value is -1.05. The summed E-state index contributed by atoms with van der Waals surface area (Å²) in [6, 6.07) is 0. The van der Waals surface area contributed by atoms with Crippen molar-refractivity contribution in [2.75, 3.05) is 6.61 Å². The predicted molar refractivity (Wildman–Crippen MR) is 91.4 cm³/mol. The van der Waals surface area contributed by atoms with Gasteiger partial charge in [0.2, 0.25) is 0 Å². The van der Waals surface area contributed by atoms with Crippen molar-refractivity contribution in [3.05, 3.63) is 24.3 Å². The van der Waals surface area contributed by atoms with Gasteiger partial charge >= 0.3 is 5.97 Å². The Kier molecular flexibility index (Phi) is 16.2. The summed E-state index contributed by atoms with van der Waals surface area (Å²) in [4.78, 5) is 11.1. The van der Waals surface area contributed by atoms with Crippen molar-refractivity contribution in [2.45, 2.75) is 84.5 Å². The molecule has 0 aliphatic heterocycles. The summed E-state index contributed by atoms with van der Waals surface area (Å²) in [5, 5.41) is 0. The van der Waals surface area contributed by atoms with Gasteiger partial charge < -0.3 is 4.74 Å². The molecule has 0 saturated carbocycles. The molecular weight excluding hydrogens is 260 g/mol. The van der Waals surface area contributed by atoms with Gasteiger partial charge in [0.1, 0.15) is 0 Å². The molecule has 0 aromatic carbocycles. The van der Waals surface area contributed by atoms with E-state index in [1.165, 1.54) is 38.5 Å². The highest BCUT2D eigenvalue weighted by atomic mass is 16.5. The second-order valence-electron chi connectivity index (χ2n) is 5.43. The van der Waals surface area contributed by atoms with Gasteiger partial charge in [0.25, 0.3) is 0 Å². The molecule has 0 aliphatic rings. The maximum Gasteiger partial charge on any atom is 0.305 e. The molecule has 0 fully saturated rings. The smallest absolute Gasteiger partial charge is 0.305 e. The summed E-state index contributed by atoms with van der Waals surface area (Å²) in [6.07, 6.45) is 21.6. The molecule has 0 aromatic heterocycles. The van der Waals surface area contributed by atoms with Crippen molar-refractivity contribution < 1.29 is 9.53 Å². The molecule has 0 bridgehead atoms. The molecular formula is C19H34O2. The fourth-order valence-electron chi connectivity index (χ4n) is 2.14. The van der Waals surface area contributed by atoms with Crippen LogP contribution in [0.5, 0.6) is 0 Å². The van der Waals surface area contributed by atoms with E-state index in [-0.39, 0.29) is 5.97 Å². The molecule has 0 aliphatic carbocycles. The molecule has 0 aromatic rings. The first-order chi connectivity index (χ1) is 10.3.